The van der Waals surface area contributed by atoms with Crippen LogP contribution < -0.4 is 0 Å². The van der Waals surface area contributed by atoms with Crippen LogP contribution in [0.5, 0.6) is 0 Å². The number of aliphatic hydroxyl groups is 1. The van der Waals surface area contributed by atoms with Gasteiger partial charge in [0.15, 0.2) is 0 Å². The van der Waals surface area contributed by atoms with Crippen LogP contribution in [-0.2, 0) is 0 Å². The third-order valence-electron chi connectivity index (χ3n) is 0.195. The van der Waals surface area contributed by atoms with Gasteiger partial charge >= 0.3 is 0 Å². The van der Waals surface area contributed by atoms with Gasteiger partial charge in [-0.05, 0) is 7.05 Å². The van der Waals surface area contributed by atoms with Crippen molar-refractivity contribution in [2.45, 2.75) is 0 Å². The molecule has 0 aliphatic heterocycles. The summed E-state index contributed by atoms with van der Waals surface area (Å²) in [6.07, 6.45) is 0. The van der Waals surface area contributed by atoms with E-state index in [1.54, 1.807) is 10.2 Å². The highest BCUT2D eigenvalue weighted by atomic mass is 127. The molecular formula is C2H7ClINO. The van der Waals surface area contributed by atoms with Crippen molar-refractivity contribution in [3.05, 3.63) is 0 Å². The second-order valence-corrected chi connectivity index (χ2v) is 2.39. The monoisotopic (exact) mass is 223 g/mol. The Labute approximate surface area is 57.4 Å². The molecule has 0 aromatic heterocycles. The van der Waals surface area contributed by atoms with E-state index in [9.17, 15) is 0 Å². The minimum atomic E-state index is 0. The fourth-order valence-electron chi connectivity index (χ4n) is 0. The molecule has 0 aromatic carbocycles. The molecule has 0 atom stereocenters. The summed E-state index contributed by atoms with van der Waals surface area (Å²) in [5, 5.41) is 8.06. The molecule has 0 saturated heterocycles. The maximum atomic E-state index is 8.06. The first kappa shape index (κ1) is 10.0. The summed E-state index contributed by atoms with van der Waals surface area (Å²) in [6.45, 7) is 0.126. The quantitative estimate of drug-likeness (QED) is 0.401. The fraction of sp³-hybridized carbons (Fsp3) is 1.00. The molecule has 1 N–H and O–H groups in total. The highest BCUT2D eigenvalue weighted by Gasteiger charge is 1.76. The van der Waals surface area contributed by atoms with Crippen molar-refractivity contribution < 1.29 is 5.11 Å². The predicted octanol–water partition coefficient (Wildman–Crippen LogP) is 0.640. The normalized spacial score (nSPS) is 8.00. The summed E-state index contributed by atoms with van der Waals surface area (Å²) >= 11 is 1.99. The Kier molecular flexibility index (Phi) is 9.93. The molecule has 0 spiro atoms. The van der Waals surface area contributed by atoms with E-state index in [0.717, 1.165) is 0 Å². The molecule has 0 rings (SSSR count). The van der Waals surface area contributed by atoms with Gasteiger partial charge in [-0.3, -0.25) is 0 Å². The zero-order valence-corrected chi connectivity index (χ0v) is 6.36. The van der Waals surface area contributed by atoms with E-state index < -0.39 is 0 Å². The van der Waals surface area contributed by atoms with Crippen molar-refractivity contribution in [1.29, 1.82) is 0 Å². The molecule has 0 heterocycles. The molecule has 4 heteroatoms. The summed E-state index contributed by atoms with van der Waals surface area (Å²) in [5.74, 6) is 0. The predicted molar refractivity (Wildman–Crippen MR) is 36.1 cm³/mol. The van der Waals surface area contributed by atoms with Crippen molar-refractivity contribution in [2.24, 2.45) is 0 Å². The van der Waals surface area contributed by atoms with Crippen LogP contribution in [-0.4, -0.2) is 22.0 Å². The van der Waals surface area contributed by atoms with E-state index in [0.29, 0.717) is 0 Å². The minimum absolute atomic E-state index is 0. The molecule has 0 bridgehead atoms. The molecule has 6 heavy (non-hydrogen) atoms. The van der Waals surface area contributed by atoms with Gasteiger partial charge in [0.25, 0.3) is 0 Å². The first-order chi connectivity index (χ1) is 2.27. The summed E-state index contributed by atoms with van der Waals surface area (Å²) < 4.78 is 1.65. The third kappa shape index (κ3) is 8.87. The molecular weight excluding hydrogens is 216 g/mol. The van der Waals surface area contributed by atoms with Crippen LogP contribution in [0.2, 0.25) is 0 Å². The second kappa shape index (κ2) is 5.94. The number of nitrogens with zero attached hydrogens (tertiary/aromatic N) is 1. The first-order valence-corrected chi connectivity index (χ1v) is 2.21. The van der Waals surface area contributed by atoms with Gasteiger partial charge in [0.05, 0.1) is 0 Å². The number of hydrogen-bond donors (Lipinski definition) is 1. The number of rotatable bonds is 1. The topological polar surface area (TPSA) is 23.5 Å². The molecule has 40 valence electrons. The van der Waals surface area contributed by atoms with E-state index in [1.165, 1.54) is 0 Å². The van der Waals surface area contributed by atoms with Crippen LogP contribution in [0.4, 0.5) is 0 Å². The highest BCUT2D eigenvalue weighted by molar-refractivity contribution is 14.1. The lowest BCUT2D eigenvalue weighted by Gasteiger charge is -1.95. The van der Waals surface area contributed by atoms with Crippen LogP contribution in [0.15, 0.2) is 0 Å². The lowest BCUT2D eigenvalue weighted by Crippen LogP contribution is -2.02. The molecule has 0 aliphatic rings. The Morgan fingerprint density at radius 1 is 1.83 bits per heavy atom. The van der Waals surface area contributed by atoms with Gasteiger partial charge in [-0.2, -0.15) is 0 Å². The summed E-state index contributed by atoms with van der Waals surface area (Å²) in [4.78, 5) is 0. The molecule has 2 nitrogen and oxygen atoms in total. The highest BCUT2D eigenvalue weighted by Crippen LogP contribution is 1.85. The van der Waals surface area contributed by atoms with Crippen LogP contribution >= 0.6 is 35.3 Å². The maximum absolute atomic E-state index is 8.06. The fourth-order valence-corrected chi connectivity index (χ4v) is 0. The number of halogens is 2. The SMILES string of the molecule is CN(I)CO.Cl. The van der Waals surface area contributed by atoms with Crippen molar-refractivity contribution in [3.63, 3.8) is 0 Å². The van der Waals surface area contributed by atoms with E-state index in [1.807, 2.05) is 22.9 Å². The number of aliphatic hydroxyl groups excluding tert-OH is 1. The van der Waals surface area contributed by atoms with E-state index in [-0.39, 0.29) is 19.1 Å². The lowest BCUT2D eigenvalue weighted by atomic mass is 11.2. The molecule has 0 amide bonds. The molecule has 0 saturated carbocycles. The molecule has 0 aromatic rings. The summed E-state index contributed by atoms with van der Waals surface area (Å²) in [6, 6.07) is 0. The van der Waals surface area contributed by atoms with E-state index in [4.69, 9.17) is 5.11 Å². The van der Waals surface area contributed by atoms with Crippen molar-refractivity contribution in [3.8, 4) is 0 Å². The molecule has 0 radical (unpaired) electrons. The van der Waals surface area contributed by atoms with Gasteiger partial charge in [0.1, 0.15) is 6.73 Å². The number of hydrogen-bond acceptors (Lipinski definition) is 2. The van der Waals surface area contributed by atoms with Crippen LogP contribution in [0.25, 0.3) is 0 Å². The Hall–Kier alpha value is 0.940. The largest absolute Gasteiger partial charge is 0.380 e. The van der Waals surface area contributed by atoms with Crippen molar-refractivity contribution >= 4 is 35.3 Å². The maximum Gasteiger partial charge on any atom is 0.104 e. The Morgan fingerprint density at radius 2 is 2.00 bits per heavy atom. The van der Waals surface area contributed by atoms with Crippen molar-refractivity contribution in [2.75, 3.05) is 13.8 Å². The average Bonchev–Trinajstić information content (AvgIpc) is 1.38. The Bertz CT molecular complexity index is 27.5. The molecule has 0 aliphatic carbocycles. The second-order valence-electron chi connectivity index (χ2n) is 0.746. The average molecular weight is 223 g/mol. The van der Waals surface area contributed by atoms with Crippen LogP contribution in [0.3, 0.4) is 0 Å². The summed E-state index contributed by atoms with van der Waals surface area (Å²) in [7, 11) is 1.79. The standard InChI is InChI=1S/C2H6INO.ClH/c1-4(3)2-5;/h5H,2H2,1H3;1H. The lowest BCUT2D eigenvalue weighted by molar-refractivity contribution is 0.222. The van der Waals surface area contributed by atoms with Crippen molar-refractivity contribution in [1.82, 2.24) is 3.11 Å². The van der Waals surface area contributed by atoms with Gasteiger partial charge in [0.2, 0.25) is 0 Å². The minimum Gasteiger partial charge on any atom is -0.380 e. The zero-order chi connectivity index (χ0) is 4.28. The zero-order valence-electron chi connectivity index (χ0n) is 3.39. The Balaban J connectivity index is 0. The Morgan fingerprint density at radius 3 is 2.00 bits per heavy atom. The van der Waals surface area contributed by atoms with Gasteiger partial charge < -0.3 is 5.11 Å². The summed E-state index contributed by atoms with van der Waals surface area (Å²) in [5.41, 5.74) is 0. The van der Waals surface area contributed by atoms with Crippen LogP contribution in [0.1, 0.15) is 0 Å². The smallest absolute Gasteiger partial charge is 0.104 e. The van der Waals surface area contributed by atoms with Gasteiger partial charge in [-0.15, -0.1) is 12.4 Å². The third-order valence-corrected chi connectivity index (χ3v) is 0.500. The van der Waals surface area contributed by atoms with E-state index >= 15 is 0 Å². The molecule has 0 unspecified atom stereocenters. The van der Waals surface area contributed by atoms with Gasteiger partial charge in [-0.1, -0.05) is 0 Å². The molecule has 0 fully saturated rings. The van der Waals surface area contributed by atoms with Crippen LogP contribution in [0, 0.1) is 0 Å². The van der Waals surface area contributed by atoms with E-state index in [2.05, 4.69) is 0 Å². The first-order valence-electron chi connectivity index (χ1n) is 1.25. The van der Waals surface area contributed by atoms with Gasteiger partial charge in [0, 0.05) is 22.9 Å². The van der Waals surface area contributed by atoms with Gasteiger partial charge in [-0.25, -0.2) is 3.11 Å².